The average Bonchev–Trinajstić information content (AvgIpc) is 2.78. The number of nitrogens with zero attached hydrogens (tertiary/aromatic N) is 2. The first kappa shape index (κ1) is 13.8. The molecule has 3 nitrogen and oxygen atoms in total. The Morgan fingerprint density at radius 1 is 1.33 bits per heavy atom. The van der Waals surface area contributed by atoms with Crippen molar-refractivity contribution in [1.82, 2.24) is 14.9 Å². The van der Waals surface area contributed by atoms with Crippen molar-refractivity contribution in [3.8, 4) is 0 Å². The number of likely N-dealkylation sites (N-methyl/N-ethyl adjacent to an activating group) is 1. The summed E-state index contributed by atoms with van der Waals surface area (Å²) < 4.78 is 2.19. The lowest BCUT2D eigenvalue weighted by Crippen LogP contribution is -2.58. The van der Waals surface area contributed by atoms with E-state index in [4.69, 9.17) is 0 Å². The van der Waals surface area contributed by atoms with Crippen molar-refractivity contribution in [1.29, 1.82) is 0 Å². The highest BCUT2D eigenvalue weighted by molar-refractivity contribution is 5.11. The van der Waals surface area contributed by atoms with Crippen molar-refractivity contribution in [2.24, 2.45) is 29.7 Å². The van der Waals surface area contributed by atoms with Crippen LogP contribution in [-0.4, -0.2) is 22.6 Å². The molecular formula is C18H29N3. The van der Waals surface area contributed by atoms with Crippen LogP contribution >= 0.6 is 0 Å². The van der Waals surface area contributed by atoms with Gasteiger partial charge in [0.15, 0.2) is 0 Å². The van der Waals surface area contributed by atoms with E-state index >= 15 is 0 Å². The fourth-order valence-corrected chi connectivity index (χ4v) is 6.61. The average molecular weight is 287 g/mol. The van der Waals surface area contributed by atoms with Crippen LogP contribution in [0.15, 0.2) is 12.4 Å². The Morgan fingerprint density at radius 2 is 2.05 bits per heavy atom. The van der Waals surface area contributed by atoms with Gasteiger partial charge < -0.3 is 9.88 Å². The smallest absolute Gasteiger partial charge is 0.109 e. The van der Waals surface area contributed by atoms with Gasteiger partial charge in [-0.1, -0.05) is 6.92 Å². The fourth-order valence-electron chi connectivity index (χ4n) is 6.61. The Hall–Kier alpha value is -0.830. The van der Waals surface area contributed by atoms with Gasteiger partial charge in [-0.2, -0.15) is 0 Å². The highest BCUT2D eigenvalue weighted by Gasteiger charge is 2.58. The van der Waals surface area contributed by atoms with Crippen LogP contribution in [0.3, 0.4) is 0 Å². The summed E-state index contributed by atoms with van der Waals surface area (Å²) in [5.74, 6) is 3.22. The van der Waals surface area contributed by atoms with E-state index in [1.54, 1.807) is 0 Å². The van der Waals surface area contributed by atoms with Crippen molar-refractivity contribution < 1.29 is 0 Å². The molecule has 3 atom stereocenters. The van der Waals surface area contributed by atoms with Gasteiger partial charge in [-0.25, -0.2) is 4.98 Å². The van der Waals surface area contributed by atoms with E-state index in [1.165, 1.54) is 44.3 Å². The molecule has 1 aromatic rings. The molecule has 4 saturated carbocycles. The van der Waals surface area contributed by atoms with Gasteiger partial charge in [0, 0.05) is 31.9 Å². The monoisotopic (exact) mass is 287 g/mol. The normalized spacial score (nSPS) is 42.4. The lowest BCUT2D eigenvalue weighted by Gasteiger charge is -2.63. The summed E-state index contributed by atoms with van der Waals surface area (Å²) in [6.45, 7) is 2.56. The number of hydrogen-bond donors (Lipinski definition) is 1. The molecule has 4 bridgehead atoms. The summed E-state index contributed by atoms with van der Waals surface area (Å²) in [4.78, 5) is 4.57. The van der Waals surface area contributed by atoms with Crippen molar-refractivity contribution >= 4 is 0 Å². The second-order valence-electron chi connectivity index (χ2n) is 8.63. The number of aromatic nitrogens is 2. The van der Waals surface area contributed by atoms with E-state index in [9.17, 15) is 0 Å². The van der Waals surface area contributed by atoms with Gasteiger partial charge in [0.25, 0.3) is 0 Å². The zero-order chi connectivity index (χ0) is 14.7. The Morgan fingerprint density at radius 3 is 2.57 bits per heavy atom. The third-order valence-electron chi connectivity index (χ3n) is 6.79. The molecule has 0 aromatic carbocycles. The zero-order valence-corrected chi connectivity index (χ0v) is 13.7. The van der Waals surface area contributed by atoms with Crippen LogP contribution in [0.2, 0.25) is 0 Å². The topological polar surface area (TPSA) is 29.9 Å². The minimum atomic E-state index is 0.527. The summed E-state index contributed by atoms with van der Waals surface area (Å²) in [7, 11) is 4.28. The number of aryl methyl sites for hydroxylation is 1. The van der Waals surface area contributed by atoms with Gasteiger partial charge in [0.05, 0.1) is 0 Å². The second-order valence-corrected chi connectivity index (χ2v) is 8.63. The van der Waals surface area contributed by atoms with Gasteiger partial charge in [-0.3, -0.25) is 0 Å². The summed E-state index contributed by atoms with van der Waals surface area (Å²) in [6.07, 6.45) is 13.9. The van der Waals surface area contributed by atoms with Crippen molar-refractivity contribution in [2.75, 3.05) is 7.05 Å². The number of rotatable bonds is 4. The Labute approximate surface area is 128 Å². The number of hydrogen-bond acceptors (Lipinski definition) is 2. The Bertz CT molecular complexity index is 518. The van der Waals surface area contributed by atoms with E-state index < -0.39 is 0 Å². The van der Waals surface area contributed by atoms with Crippen LogP contribution in [0.4, 0.5) is 0 Å². The summed E-state index contributed by atoms with van der Waals surface area (Å²) in [5.41, 5.74) is 1.15. The SMILES string of the molecule is CNC(Cc1nccn1C)C12CC3CC(CC(C)(C3)C1)C2. The molecule has 4 aliphatic rings. The van der Waals surface area contributed by atoms with E-state index in [0.717, 1.165) is 18.3 Å². The molecule has 3 unspecified atom stereocenters. The predicted octanol–water partition coefficient (Wildman–Crippen LogP) is 3.16. The molecule has 0 radical (unpaired) electrons. The third-order valence-corrected chi connectivity index (χ3v) is 6.79. The van der Waals surface area contributed by atoms with Gasteiger partial charge in [-0.05, 0) is 68.2 Å². The zero-order valence-electron chi connectivity index (χ0n) is 13.7. The maximum atomic E-state index is 4.57. The maximum Gasteiger partial charge on any atom is 0.109 e. The molecule has 4 fully saturated rings. The highest BCUT2D eigenvalue weighted by Crippen LogP contribution is 2.66. The molecule has 5 rings (SSSR count). The molecule has 3 heteroatoms. The van der Waals surface area contributed by atoms with E-state index in [-0.39, 0.29) is 0 Å². The van der Waals surface area contributed by atoms with Crippen LogP contribution in [-0.2, 0) is 13.5 Å². The molecule has 1 heterocycles. The first-order chi connectivity index (χ1) is 10.0. The molecule has 116 valence electrons. The molecule has 4 aliphatic carbocycles. The molecule has 1 N–H and O–H groups in total. The summed E-state index contributed by atoms with van der Waals surface area (Å²) in [5, 5.41) is 3.69. The maximum absolute atomic E-state index is 4.57. The van der Waals surface area contributed by atoms with Crippen LogP contribution in [0.5, 0.6) is 0 Å². The van der Waals surface area contributed by atoms with Crippen LogP contribution < -0.4 is 5.32 Å². The first-order valence-corrected chi connectivity index (χ1v) is 8.65. The minimum Gasteiger partial charge on any atom is -0.338 e. The standard InChI is InChI=1S/C18H29N3/c1-17-8-13-6-14(9-17)11-18(10-13,12-17)15(19-2)7-16-20-4-5-21(16)3/h4-5,13-15,19H,6-12H2,1-3H3. The lowest BCUT2D eigenvalue weighted by molar-refractivity contribution is -0.117. The Balaban J connectivity index is 1.62. The van der Waals surface area contributed by atoms with Crippen molar-refractivity contribution in [3.05, 3.63) is 18.2 Å². The molecule has 21 heavy (non-hydrogen) atoms. The van der Waals surface area contributed by atoms with Gasteiger partial charge in [-0.15, -0.1) is 0 Å². The van der Waals surface area contributed by atoms with E-state index in [1.807, 2.05) is 6.20 Å². The predicted molar refractivity (Wildman–Crippen MR) is 85.0 cm³/mol. The van der Waals surface area contributed by atoms with Crippen molar-refractivity contribution in [3.63, 3.8) is 0 Å². The van der Waals surface area contributed by atoms with Crippen LogP contribution in [0, 0.1) is 22.7 Å². The van der Waals surface area contributed by atoms with Crippen molar-refractivity contribution in [2.45, 2.75) is 57.9 Å². The molecule has 0 saturated heterocycles. The first-order valence-electron chi connectivity index (χ1n) is 8.65. The van der Waals surface area contributed by atoms with E-state index in [0.29, 0.717) is 16.9 Å². The summed E-state index contributed by atoms with van der Waals surface area (Å²) >= 11 is 0. The fraction of sp³-hybridized carbons (Fsp3) is 0.833. The Kier molecular flexibility index (Phi) is 3.01. The largest absolute Gasteiger partial charge is 0.338 e. The number of imidazole rings is 1. The van der Waals surface area contributed by atoms with Gasteiger partial charge in [0.1, 0.15) is 5.82 Å². The molecule has 0 spiro atoms. The quantitative estimate of drug-likeness (QED) is 0.922. The van der Waals surface area contributed by atoms with Crippen LogP contribution in [0.1, 0.15) is 51.3 Å². The second kappa shape index (κ2) is 4.58. The minimum absolute atomic E-state index is 0.527. The number of nitrogens with one attached hydrogen (secondary N) is 1. The molecule has 0 aliphatic heterocycles. The lowest BCUT2D eigenvalue weighted by atomic mass is 9.43. The molecule has 1 aromatic heterocycles. The summed E-state index contributed by atoms with van der Waals surface area (Å²) in [6, 6.07) is 0.587. The third kappa shape index (κ3) is 2.16. The highest BCUT2D eigenvalue weighted by atomic mass is 15.0. The van der Waals surface area contributed by atoms with Gasteiger partial charge >= 0.3 is 0 Å². The van der Waals surface area contributed by atoms with Crippen LogP contribution in [0.25, 0.3) is 0 Å². The van der Waals surface area contributed by atoms with E-state index in [2.05, 4.69) is 42.1 Å². The van der Waals surface area contributed by atoms with Gasteiger partial charge in [0.2, 0.25) is 0 Å². The molecule has 0 amide bonds. The molecular weight excluding hydrogens is 258 g/mol.